The normalized spacial score (nSPS) is 17.0. The lowest BCUT2D eigenvalue weighted by Crippen LogP contribution is -2.42. The van der Waals surface area contributed by atoms with Gasteiger partial charge in [-0.15, -0.1) is 0 Å². The molecule has 2 heterocycles. The standard InChI is InChI=1S/C23H28N2O3/c1-16(2)12-22(27)20-4-3-11-25(14-20)23(28)19-9-10-21(24-13-19)18-7-5-17(15-26)6-8-18/h5-10,13,16,20,26H,3-4,11-12,14-15H2,1-2H3. The van der Waals surface area contributed by atoms with Gasteiger partial charge in [-0.05, 0) is 36.5 Å². The number of ketones is 1. The highest BCUT2D eigenvalue weighted by Gasteiger charge is 2.29. The molecule has 5 heteroatoms. The van der Waals surface area contributed by atoms with Crippen molar-refractivity contribution in [1.82, 2.24) is 9.88 Å². The molecule has 1 aliphatic rings. The topological polar surface area (TPSA) is 70.5 Å². The van der Waals surface area contributed by atoms with Crippen molar-refractivity contribution in [3.8, 4) is 11.3 Å². The molecule has 2 aromatic rings. The molecule has 28 heavy (non-hydrogen) atoms. The average Bonchev–Trinajstić information content (AvgIpc) is 2.73. The van der Waals surface area contributed by atoms with Gasteiger partial charge in [-0.3, -0.25) is 14.6 Å². The predicted molar refractivity (Wildman–Crippen MR) is 109 cm³/mol. The molecule has 1 atom stereocenters. The molecule has 1 aromatic heterocycles. The molecule has 0 bridgehead atoms. The van der Waals surface area contributed by atoms with E-state index in [9.17, 15) is 9.59 Å². The molecular weight excluding hydrogens is 352 g/mol. The number of hydrogen-bond donors (Lipinski definition) is 1. The van der Waals surface area contributed by atoms with E-state index in [0.29, 0.717) is 31.0 Å². The first-order valence-electron chi connectivity index (χ1n) is 9.96. The first kappa shape index (κ1) is 20.2. The summed E-state index contributed by atoms with van der Waals surface area (Å²) in [5.74, 6) is 0.517. The van der Waals surface area contributed by atoms with Crippen LogP contribution >= 0.6 is 0 Å². The lowest BCUT2D eigenvalue weighted by atomic mass is 9.89. The molecule has 1 aromatic carbocycles. The molecule has 0 aliphatic carbocycles. The molecule has 1 saturated heterocycles. The van der Waals surface area contributed by atoms with Gasteiger partial charge in [0.2, 0.25) is 0 Å². The number of Topliss-reactive ketones (excluding diaryl/α,β-unsaturated/α-hetero) is 1. The molecule has 5 nitrogen and oxygen atoms in total. The summed E-state index contributed by atoms with van der Waals surface area (Å²) in [5, 5.41) is 9.14. The molecule has 3 rings (SSSR count). The van der Waals surface area contributed by atoms with Gasteiger partial charge in [-0.2, -0.15) is 0 Å². The third-order valence-electron chi connectivity index (χ3n) is 5.22. The van der Waals surface area contributed by atoms with Gasteiger partial charge in [0, 0.05) is 37.2 Å². The van der Waals surface area contributed by atoms with Crippen LogP contribution in [-0.4, -0.2) is 39.8 Å². The maximum Gasteiger partial charge on any atom is 0.255 e. The summed E-state index contributed by atoms with van der Waals surface area (Å²) in [6.07, 6.45) is 3.93. The van der Waals surface area contributed by atoms with E-state index in [1.54, 1.807) is 17.2 Å². The van der Waals surface area contributed by atoms with Gasteiger partial charge in [0.25, 0.3) is 5.91 Å². The van der Waals surface area contributed by atoms with Crippen LogP contribution in [0.15, 0.2) is 42.6 Å². The van der Waals surface area contributed by atoms with Crippen molar-refractivity contribution < 1.29 is 14.7 Å². The number of carbonyl (C=O) groups is 2. The Bertz CT molecular complexity index is 813. The third kappa shape index (κ3) is 4.84. The van der Waals surface area contributed by atoms with Gasteiger partial charge in [0.1, 0.15) is 5.78 Å². The first-order chi connectivity index (χ1) is 13.5. The molecular formula is C23H28N2O3. The van der Waals surface area contributed by atoms with Crippen LogP contribution in [0.25, 0.3) is 11.3 Å². The Morgan fingerprint density at radius 3 is 2.54 bits per heavy atom. The SMILES string of the molecule is CC(C)CC(=O)C1CCCN(C(=O)c2ccc(-c3ccc(CO)cc3)nc2)C1. The fourth-order valence-corrected chi connectivity index (χ4v) is 3.65. The molecule has 0 radical (unpaired) electrons. The number of carbonyl (C=O) groups excluding carboxylic acids is 2. The maximum atomic E-state index is 12.9. The van der Waals surface area contributed by atoms with Crippen LogP contribution in [-0.2, 0) is 11.4 Å². The van der Waals surface area contributed by atoms with Gasteiger partial charge < -0.3 is 10.0 Å². The van der Waals surface area contributed by atoms with Crippen LogP contribution in [0, 0.1) is 11.8 Å². The highest BCUT2D eigenvalue weighted by Crippen LogP contribution is 2.23. The first-order valence-corrected chi connectivity index (χ1v) is 9.96. The van der Waals surface area contributed by atoms with Crippen molar-refractivity contribution >= 4 is 11.7 Å². The number of hydrogen-bond acceptors (Lipinski definition) is 4. The van der Waals surface area contributed by atoms with Crippen LogP contribution in [0.1, 0.15) is 49.0 Å². The monoisotopic (exact) mass is 380 g/mol. The highest BCUT2D eigenvalue weighted by molar-refractivity contribution is 5.94. The number of aromatic nitrogens is 1. The zero-order chi connectivity index (χ0) is 20.1. The number of aliphatic hydroxyl groups excluding tert-OH is 1. The number of nitrogens with zero attached hydrogens (tertiary/aromatic N) is 2. The Morgan fingerprint density at radius 1 is 1.18 bits per heavy atom. The van der Waals surface area contributed by atoms with E-state index in [4.69, 9.17) is 5.11 Å². The number of likely N-dealkylation sites (tertiary alicyclic amines) is 1. The van der Waals surface area contributed by atoms with Gasteiger partial charge >= 0.3 is 0 Å². The van der Waals surface area contributed by atoms with Crippen molar-refractivity contribution in [2.75, 3.05) is 13.1 Å². The fraction of sp³-hybridized carbons (Fsp3) is 0.435. The molecule has 148 valence electrons. The Labute approximate surface area is 166 Å². The van der Waals surface area contributed by atoms with Crippen LogP contribution in [0.3, 0.4) is 0 Å². The molecule has 0 saturated carbocycles. The fourth-order valence-electron chi connectivity index (χ4n) is 3.65. The number of pyridine rings is 1. The lowest BCUT2D eigenvalue weighted by molar-refractivity contribution is -0.124. The summed E-state index contributed by atoms with van der Waals surface area (Å²) in [6.45, 7) is 5.31. The van der Waals surface area contributed by atoms with Crippen LogP contribution in [0.5, 0.6) is 0 Å². The van der Waals surface area contributed by atoms with E-state index in [2.05, 4.69) is 4.98 Å². The second kappa shape index (κ2) is 9.11. The molecule has 0 spiro atoms. The minimum absolute atomic E-state index is 0.0116. The van der Waals surface area contributed by atoms with Crippen LogP contribution in [0.2, 0.25) is 0 Å². The number of amides is 1. The molecule has 1 unspecified atom stereocenters. The second-order valence-corrected chi connectivity index (χ2v) is 7.94. The van der Waals surface area contributed by atoms with E-state index in [0.717, 1.165) is 29.7 Å². The van der Waals surface area contributed by atoms with E-state index < -0.39 is 0 Å². The quantitative estimate of drug-likeness (QED) is 0.829. The van der Waals surface area contributed by atoms with Gasteiger partial charge in [-0.25, -0.2) is 0 Å². The highest BCUT2D eigenvalue weighted by atomic mass is 16.3. The largest absolute Gasteiger partial charge is 0.392 e. The summed E-state index contributed by atoms with van der Waals surface area (Å²) in [6, 6.07) is 11.2. The second-order valence-electron chi connectivity index (χ2n) is 7.94. The minimum atomic E-state index is -0.0586. The zero-order valence-corrected chi connectivity index (χ0v) is 16.6. The Kier molecular flexibility index (Phi) is 6.57. The maximum absolute atomic E-state index is 12.9. The summed E-state index contributed by atoms with van der Waals surface area (Å²) in [7, 11) is 0. The number of benzene rings is 1. The summed E-state index contributed by atoms with van der Waals surface area (Å²) in [5.41, 5.74) is 3.12. The lowest BCUT2D eigenvalue weighted by Gasteiger charge is -2.32. The smallest absolute Gasteiger partial charge is 0.255 e. The van der Waals surface area contributed by atoms with Crippen molar-refractivity contribution in [2.45, 2.75) is 39.7 Å². The zero-order valence-electron chi connectivity index (χ0n) is 16.6. The van der Waals surface area contributed by atoms with Crippen molar-refractivity contribution in [1.29, 1.82) is 0 Å². The number of aliphatic hydroxyl groups is 1. The third-order valence-corrected chi connectivity index (χ3v) is 5.22. The van der Waals surface area contributed by atoms with Gasteiger partial charge in [0.15, 0.2) is 0 Å². The van der Waals surface area contributed by atoms with E-state index >= 15 is 0 Å². The Hall–Kier alpha value is -2.53. The van der Waals surface area contributed by atoms with Gasteiger partial charge in [0.05, 0.1) is 17.9 Å². The van der Waals surface area contributed by atoms with Crippen molar-refractivity contribution in [3.05, 3.63) is 53.7 Å². The summed E-state index contributed by atoms with van der Waals surface area (Å²) in [4.78, 5) is 31.5. The molecule has 1 N–H and O–H groups in total. The molecule has 1 aliphatic heterocycles. The predicted octanol–water partition coefficient (Wildman–Crippen LogP) is 3.71. The molecule has 1 amide bonds. The summed E-state index contributed by atoms with van der Waals surface area (Å²) >= 11 is 0. The van der Waals surface area contributed by atoms with Crippen molar-refractivity contribution in [3.63, 3.8) is 0 Å². The minimum Gasteiger partial charge on any atom is -0.392 e. The average molecular weight is 380 g/mol. The molecule has 1 fully saturated rings. The Balaban J connectivity index is 1.67. The van der Waals surface area contributed by atoms with E-state index in [-0.39, 0.29) is 24.2 Å². The summed E-state index contributed by atoms with van der Waals surface area (Å²) < 4.78 is 0. The van der Waals surface area contributed by atoms with E-state index in [1.807, 2.05) is 44.2 Å². The Morgan fingerprint density at radius 2 is 1.93 bits per heavy atom. The van der Waals surface area contributed by atoms with Crippen LogP contribution < -0.4 is 0 Å². The van der Waals surface area contributed by atoms with Gasteiger partial charge in [-0.1, -0.05) is 38.1 Å². The van der Waals surface area contributed by atoms with Crippen molar-refractivity contribution in [2.24, 2.45) is 11.8 Å². The van der Waals surface area contributed by atoms with E-state index in [1.165, 1.54) is 0 Å². The number of rotatable bonds is 6. The number of piperidine rings is 1. The van der Waals surface area contributed by atoms with Crippen LogP contribution in [0.4, 0.5) is 0 Å².